The number of aliphatic hydroxyl groups excluding tert-OH is 2. The van der Waals surface area contributed by atoms with E-state index < -0.39 is 35.8 Å². The van der Waals surface area contributed by atoms with Crippen molar-refractivity contribution in [2.75, 3.05) is 6.61 Å². The summed E-state index contributed by atoms with van der Waals surface area (Å²) in [4.78, 5) is 0. The van der Waals surface area contributed by atoms with Crippen molar-refractivity contribution in [1.29, 1.82) is 0 Å². The van der Waals surface area contributed by atoms with Crippen LogP contribution in [0.5, 0.6) is 0 Å². The molecule has 1 fully saturated rings. The number of hydrogen-bond acceptors (Lipinski definition) is 5. The van der Waals surface area contributed by atoms with Gasteiger partial charge in [-0.25, -0.2) is 0 Å². The molecule has 18 heavy (non-hydrogen) atoms. The maximum Gasteiger partial charge on any atom is 0.164 e. The Hall–Kier alpha value is -0.200. The zero-order valence-corrected chi connectivity index (χ0v) is 12.1. The van der Waals surface area contributed by atoms with E-state index in [4.69, 9.17) is 14.2 Å². The SMILES string of the molecule is C[C@H](O)[C@@H](OC(C)(C)C)[C@@H]1OC(C)(C)O[C@@H]1CO. The maximum absolute atomic E-state index is 9.88. The fraction of sp³-hybridized carbons (Fsp3) is 1.00. The number of hydrogen-bond donors (Lipinski definition) is 2. The molecule has 2 N–H and O–H groups in total. The first-order valence-electron chi connectivity index (χ1n) is 6.38. The Morgan fingerprint density at radius 3 is 2.22 bits per heavy atom. The molecule has 0 unspecified atom stereocenters. The second-order valence-corrected chi connectivity index (χ2v) is 6.26. The number of rotatable bonds is 4. The predicted octanol–water partition coefficient (Wildman–Crippen LogP) is 1.06. The minimum atomic E-state index is -0.771. The van der Waals surface area contributed by atoms with Crippen LogP contribution in [-0.2, 0) is 14.2 Å². The van der Waals surface area contributed by atoms with E-state index in [0.717, 1.165) is 0 Å². The summed E-state index contributed by atoms with van der Waals surface area (Å²) in [6.07, 6.45) is -2.21. The Morgan fingerprint density at radius 2 is 1.83 bits per heavy atom. The molecule has 1 aliphatic heterocycles. The third-order valence-corrected chi connectivity index (χ3v) is 2.69. The lowest BCUT2D eigenvalue weighted by molar-refractivity contribution is -0.188. The molecule has 1 aliphatic rings. The highest BCUT2D eigenvalue weighted by atomic mass is 16.8. The normalized spacial score (nSPS) is 31.3. The summed E-state index contributed by atoms with van der Waals surface area (Å²) in [6, 6.07) is 0. The number of aliphatic hydroxyl groups is 2. The summed E-state index contributed by atoms with van der Waals surface area (Å²) in [6.45, 7) is 10.8. The third kappa shape index (κ3) is 4.17. The van der Waals surface area contributed by atoms with Crippen LogP contribution in [0.3, 0.4) is 0 Å². The van der Waals surface area contributed by atoms with Gasteiger partial charge in [0, 0.05) is 0 Å². The monoisotopic (exact) mass is 262 g/mol. The van der Waals surface area contributed by atoms with Crippen LogP contribution in [0.2, 0.25) is 0 Å². The van der Waals surface area contributed by atoms with E-state index >= 15 is 0 Å². The lowest BCUT2D eigenvalue weighted by atomic mass is 10.0. The smallest absolute Gasteiger partial charge is 0.164 e. The van der Waals surface area contributed by atoms with Crippen LogP contribution in [0.4, 0.5) is 0 Å². The van der Waals surface area contributed by atoms with E-state index in [1.165, 1.54) is 0 Å². The van der Waals surface area contributed by atoms with Gasteiger partial charge in [-0.1, -0.05) is 0 Å². The molecule has 1 saturated heterocycles. The third-order valence-electron chi connectivity index (χ3n) is 2.69. The van der Waals surface area contributed by atoms with Crippen molar-refractivity contribution < 1.29 is 24.4 Å². The molecule has 4 atom stereocenters. The van der Waals surface area contributed by atoms with Crippen LogP contribution >= 0.6 is 0 Å². The van der Waals surface area contributed by atoms with Crippen LogP contribution in [0, 0.1) is 0 Å². The minimum Gasteiger partial charge on any atom is -0.394 e. The highest BCUT2D eigenvalue weighted by Gasteiger charge is 2.47. The summed E-state index contributed by atoms with van der Waals surface area (Å²) < 4.78 is 17.2. The van der Waals surface area contributed by atoms with Crippen molar-refractivity contribution >= 4 is 0 Å². The van der Waals surface area contributed by atoms with Gasteiger partial charge in [0.15, 0.2) is 5.79 Å². The molecule has 108 valence electrons. The van der Waals surface area contributed by atoms with E-state index in [1.807, 2.05) is 20.8 Å². The molecular formula is C13H26O5. The molecule has 0 aliphatic carbocycles. The minimum absolute atomic E-state index is 0.162. The maximum atomic E-state index is 9.88. The lowest BCUT2D eigenvalue weighted by Crippen LogP contribution is -2.48. The van der Waals surface area contributed by atoms with Gasteiger partial charge in [-0.15, -0.1) is 0 Å². The van der Waals surface area contributed by atoms with Gasteiger partial charge in [0.1, 0.15) is 18.3 Å². The van der Waals surface area contributed by atoms with Crippen molar-refractivity contribution in [2.24, 2.45) is 0 Å². The van der Waals surface area contributed by atoms with Crippen molar-refractivity contribution in [3.8, 4) is 0 Å². The van der Waals surface area contributed by atoms with Crippen LogP contribution in [-0.4, -0.2) is 52.6 Å². The quantitative estimate of drug-likeness (QED) is 0.793. The van der Waals surface area contributed by atoms with Gasteiger partial charge in [0.05, 0.1) is 18.3 Å². The highest BCUT2D eigenvalue weighted by molar-refractivity contribution is 4.90. The summed E-state index contributed by atoms with van der Waals surface area (Å²) in [7, 11) is 0. The molecule has 0 amide bonds. The average Bonchev–Trinajstić information content (AvgIpc) is 2.48. The first kappa shape index (κ1) is 15.9. The van der Waals surface area contributed by atoms with E-state index in [9.17, 15) is 10.2 Å². The zero-order valence-electron chi connectivity index (χ0n) is 12.1. The van der Waals surface area contributed by atoms with Crippen molar-refractivity contribution in [2.45, 2.75) is 77.3 Å². The van der Waals surface area contributed by atoms with E-state index in [0.29, 0.717) is 0 Å². The van der Waals surface area contributed by atoms with Gasteiger partial charge in [0.25, 0.3) is 0 Å². The molecule has 5 heteroatoms. The first-order chi connectivity index (χ1) is 8.06. The lowest BCUT2D eigenvalue weighted by Gasteiger charge is -2.34. The Balaban J connectivity index is 2.85. The Morgan fingerprint density at radius 1 is 1.28 bits per heavy atom. The van der Waals surface area contributed by atoms with E-state index in [-0.39, 0.29) is 6.61 Å². The van der Waals surface area contributed by atoms with Gasteiger partial charge in [-0.3, -0.25) is 0 Å². The molecule has 0 aromatic heterocycles. The van der Waals surface area contributed by atoms with Crippen molar-refractivity contribution in [3.63, 3.8) is 0 Å². The molecule has 1 rings (SSSR count). The van der Waals surface area contributed by atoms with Crippen LogP contribution < -0.4 is 0 Å². The summed E-state index contributed by atoms with van der Waals surface area (Å²) in [5.41, 5.74) is -0.405. The molecule has 0 aromatic rings. The Bertz CT molecular complexity index is 269. The summed E-state index contributed by atoms with van der Waals surface area (Å²) in [5, 5.41) is 19.2. The molecule has 0 aromatic carbocycles. The fourth-order valence-corrected chi connectivity index (χ4v) is 2.13. The summed E-state index contributed by atoms with van der Waals surface area (Å²) in [5.74, 6) is -0.771. The van der Waals surface area contributed by atoms with E-state index in [2.05, 4.69) is 0 Å². The topological polar surface area (TPSA) is 68.2 Å². The molecule has 1 heterocycles. The fourth-order valence-electron chi connectivity index (χ4n) is 2.13. The van der Waals surface area contributed by atoms with Gasteiger partial charge in [0.2, 0.25) is 0 Å². The van der Waals surface area contributed by atoms with E-state index in [1.54, 1.807) is 20.8 Å². The second kappa shape index (κ2) is 5.43. The summed E-state index contributed by atoms with van der Waals surface area (Å²) >= 11 is 0. The molecule has 0 saturated carbocycles. The van der Waals surface area contributed by atoms with Crippen LogP contribution in [0.1, 0.15) is 41.5 Å². The van der Waals surface area contributed by atoms with Crippen molar-refractivity contribution in [3.05, 3.63) is 0 Å². The van der Waals surface area contributed by atoms with Crippen LogP contribution in [0.15, 0.2) is 0 Å². The Kier molecular flexibility index (Phi) is 4.78. The first-order valence-corrected chi connectivity index (χ1v) is 6.38. The predicted molar refractivity (Wildman–Crippen MR) is 67.2 cm³/mol. The molecule has 5 nitrogen and oxygen atoms in total. The zero-order chi connectivity index (χ0) is 14.1. The molecule has 0 radical (unpaired) electrons. The largest absolute Gasteiger partial charge is 0.394 e. The standard InChI is InChI=1S/C13H26O5/c1-8(15)10(17-12(2,3)4)11-9(7-14)16-13(5,6)18-11/h8-11,14-15H,7H2,1-6H3/t8-,9+,10+,11+/m0/s1. The molecular weight excluding hydrogens is 236 g/mol. The van der Waals surface area contributed by atoms with Gasteiger partial charge < -0.3 is 24.4 Å². The molecule has 0 bridgehead atoms. The van der Waals surface area contributed by atoms with Crippen molar-refractivity contribution in [1.82, 2.24) is 0 Å². The van der Waals surface area contributed by atoms with Gasteiger partial charge in [-0.2, -0.15) is 0 Å². The number of ether oxygens (including phenoxy) is 3. The van der Waals surface area contributed by atoms with Crippen LogP contribution in [0.25, 0.3) is 0 Å². The average molecular weight is 262 g/mol. The highest BCUT2D eigenvalue weighted by Crippen LogP contribution is 2.33. The molecule has 0 spiro atoms. The Labute approximate surface area is 109 Å². The van der Waals surface area contributed by atoms with Gasteiger partial charge >= 0.3 is 0 Å². The van der Waals surface area contributed by atoms with Gasteiger partial charge in [-0.05, 0) is 41.5 Å². The second-order valence-electron chi connectivity index (χ2n) is 6.26.